The van der Waals surface area contributed by atoms with Crippen LogP contribution in [-0.2, 0) is 15.7 Å². The van der Waals surface area contributed by atoms with Crippen LogP contribution in [0.4, 0.5) is 11.9 Å². The highest BCUT2D eigenvalue weighted by Gasteiger charge is 2.29. The van der Waals surface area contributed by atoms with E-state index >= 15 is 0 Å². The minimum Gasteiger partial charge on any atom is -0.394 e. The van der Waals surface area contributed by atoms with Crippen LogP contribution in [0.5, 0.6) is 0 Å². The summed E-state index contributed by atoms with van der Waals surface area (Å²) in [6.07, 6.45) is 0.299. The van der Waals surface area contributed by atoms with Crippen molar-refractivity contribution in [3.8, 4) is 0 Å². The predicted octanol–water partition coefficient (Wildman–Crippen LogP) is -1.89. The van der Waals surface area contributed by atoms with Crippen molar-refractivity contribution in [1.29, 1.82) is 1.43 Å². The van der Waals surface area contributed by atoms with Gasteiger partial charge in [-0.2, -0.15) is 15.0 Å². The van der Waals surface area contributed by atoms with Gasteiger partial charge in [-0.3, -0.25) is 10.3 Å². The number of morpholine rings is 1. The van der Waals surface area contributed by atoms with Gasteiger partial charge in [0.2, 0.25) is 13.3 Å². The second-order valence-corrected chi connectivity index (χ2v) is 8.84. The zero-order valence-corrected chi connectivity index (χ0v) is 16.6. The Kier molecular flexibility index (Phi) is 7.66. The van der Waals surface area contributed by atoms with Crippen LogP contribution in [0.2, 0.25) is 6.04 Å². The smallest absolute Gasteiger partial charge is 0.394 e. The van der Waals surface area contributed by atoms with Crippen LogP contribution in [0, 0.1) is 0 Å². The molecule has 12 nitrogen and oxygen atoms in total. The molecule has 1 aliphatic heterocycles. The summed E-state index contributed by atoms with van der Waals surface area (Å²) in [5.74, 6) is 6.54. The Morgan fingerprint density at radius 1 is 1.37 bits per heavy atom. The lowest BCUT2D eigenvalue weighted by atomic mass is 10.2. The van der Waals surface area contributed by atoms with Gasteiger partial charge in [-0.25, -0.2) is 5.84 Å². The highest BCUT2D eigenvalue weighted by Crippen LogP contribution is 2.14. The molecule has 1 aromatic heterocycles. The number of rotatable bonds is 11. The molecule has 1 fully saturated rings. The van der Waals surface area contributed by atoms with Gasteiger partial charge in [0, 0.05) is 32.8 Å². The summed E-state index contributed by atoms with van der Waals surface area (Å²) in [4.78, 5) is 34.1. The molecule has 0 amide bonds. The number of aromatic nitrogens is 3. The number of ether oxygens (including phenoxy) is 1. The first kappa shape index (κ1) is 20.3. The van der Waals surface area contributed by atoms with Crippen LogP contribution in [0.3, 0.4) is 0 Å². The zero-order valence-electron chi connectivity index (χ0n) is 16.6. The second-order valence-electron chi connectivity index (χ2n) is 6.45. The van der Waals surface area contributed by atoms with E-state index in [0.29, 0.717) is 44.4 Å². The van der Waals surface area contributed by atoms with E-state index < -0.39 is 8.80 Å². The molecule has 0 aliphatic carbocycles. The third-order valence-electron chi connectivity index (χ3n) is 4.05. The molecule has 0 aromatic carbocycles. The van der Waals surface area contributed by atoms with Crippen molar-refractivity contribution in [2.24, 2.45) is 5.84 Å². The third kappa shape index (κ3) is 7.23. The molecule has 1 aliphatic rings. The first-order valence-electron chi connectivity index (χ1n) is 9.17. The maximum absolute atomic E-state index is 9.55. The number of hydrogen-bond donors (Lipinski definition) is 6. The Morgan fingerprint density at radius 2 is 2.15 bits per heavy atom. The molecule has 1 saturated heterocycles. The van der Waals surface area contributed by atoms with Crippen molar-refractivity contribution in [1.82, 2.24) is 19.9 Å². The number of nitrogens with one attached hydrogen (secondary N) is 2. The summed E-state index contributed by atoms with van der Waals surface area (Å²) >= 11 is 0. The van der Waals surface area contributed by atoms with Gasteiger partial charge in [-0.1, -0.05) is 0 Å². The molecule has 1 aromatic rings. The minimum absolute atomic E-state index is 0.00242. The standard InChI is InChI=1S/C14H29N7O5Si/c1-10-6-21(7-11(9-22)26-10)8-12-17-13(19-14(18-12)20-15)16-4-3-5-27(23,24)25-2/h10-11,22-24H,3-9,15H2,1-2H3,(H2,16,17,18,19,20)/i22D. The van der Waals surface area contributed by atoms with Gasteiger partial charge in [0.25, 0.3) is 0 Å². The number of nitrogens with two attached hydrogens (primary N) is 1. The average Bonchev–Trinajstić information content (AvgIpc) is 2.65. The van der Waals surface area contributed by atoms with Crippen molar-refractivity contribution in [2.75, 3.05) is 44.1 Å². The number of nitrogen functional groups attached to an aromatic ring is 1. The van der Waals surface area contributed by atoms with Crippen LogP contribution in [0.1, 0.15) is 19.2 Å². The van der Waals surface area contributed by atoms with Crippen LogP contribution in [0.15, 0.2) is 0 Å². The Hall–Kier alpha value is -1.45. The molecule has 2 rings (SSSR count). The molecule has 0 saturated carbocycles. The number of anilines is 2. The van der Waals surface area contributed by atoms with Crippen molar-refractivity contribution < 1.29 is 23.9 Å². The van der Waals surface area contributed by atoms with Gasteiger partial charge in [0.05, 0.1) is 25.4 Å². The van der Waals surface area contributed by atoms with E-state index in [1.807, 2.05) is 6.92 Å². The van der Waals surface area contributed by atoms with E-state index in [0.717, 1.165) is 0 Å². The molecule has 27 heavy (non-hydrogen) atoms. The summed E-state index contributed by atoms with van der Waals surface area (Å²) in [6.45, 7) is 4.35. The Bertz CT molecular complexity index is 617. The molecule has 2 heterocycles. The van der Waals surface area contributed by atoms with E-state index in [2.05, 4.69) is 40.1 Å². The fourth-order valence-corrected chi connectivity index (χ4v) is 3.66. The van der Waals surface area contributed by atoms with E-state index in [1.165, 1.54) is 7.11 Å². The van der Waals surface area contributed by atoms with Gasteiger partial charge in [0.1, 0.15) is 5.82 Å². The van der Waals surface area contributed by atoms with Crippen molar-refractivity contribution in [2.45, 2.75) is 38.1 Å². The fraction of sp³-hybridized carbons (Fsp3) is 0.786. The number of hydrogen-bond acceptors (Lipinski definition) is 12. The minimum atomic E-state index is -3.56. The highest BCUT2D eigenvalue weighted by molar-refractivity contribution is 6.57. The van der Waals surface area contributed by atoms with E-state index in [-0.39, 0.29) is 30.8 Å². The van der Waals surface area contributed by atoms with E-state index in [4.69, 9.17) is 12.0 Å². The van der Waals surface area contributed by atoms with Crippen molar-refractivity contribution in [3.05, 3.63) is 5.82 Å². The van der Waals surface area contributed by atoms with E-state index in [9.17, 15) is 9.59 Å². The van der Waals surface area contributed by atoms with Gasteiger partial charge >= 0.3 is 8.80 Å². The lowest BCUT2D eigenvalue weighted by Gasteiger charge is -2.35. The molecule has 2 unspecified atom stereocenters. The zero-order chi connectivity index (χ0) is 20.6. The Balaban J connectivity index is 1.96. The number of hydrazine groups is 1. The van der Waals surface area contributed by atoms with E-state index in [1.54, 1.807) is 0 Å². The molecule has 0 bridgehead atoms. The monoisotopic (exact) mass is 404 g/mol. The molecule has 7 N–H and O–H groups in total. The predicted molar refractivity (Wildman–Crippen MR) is 99.4 cm³/mol. The number of aliphatic hydroxyl groups is 1. The number of nitrogens with zero attached hydrogens (tertiary/aromatic N) is 4. The van der Waals surface area contributed by atoms with Crippen LogP contribution in [-0.4, -0.2) is 90.3 Å². The molecule has 13 heteroatoms. The SMILES string of the molecule is [2H]OCC1CN(Cc2nc(NN)nc(NCCC[Si](O)(O)OC)n2)CC(C)O1. The van der Waals surface area contributed by atoms with Crippen LogP contribution in [0.25, 0.3) is 0 Å². The maximum atomic E-state index is 9.55. The molecule has 0 spiro atoms. The molecule has 154 valence electrons. The lowest BCUT2D eigenvalue weighted by Crippen LogP contribution is -2.47. The average molecular weight is 405 g/mol. The Labute approximate surface area is 160 Å². The summed E-state index contributed by atoms with van der Waals surface area (Å²) in [7, 11) is -2.28. The molecular weight excluding hydrogens is 374 g/mol. The Morgan fingerprint density at radius 3 is 2.85 bits per heavy atom. The molecule has 0 radical (unpaired) electrons. The topological polar surface area (TPSA) is 171 Å². The second kappa shape index (κ2) is 10.2. The van der Waals surface area contributed by atoms with Crippen LogP contribution < -0.4 is 16.6 Å². The largest absolute Gasteiger partial charge is 0.495 e. The van der Waals surface area contributed by atoms with Gasteiger partial charge in [0.15, 0.2) is 0 Å². The highest BCUT2D eigenvalue weighted by atomic mass is 28.4. The summed E-state index contributed by atoms with van der Waals surface area (Å²) < 4.78 is 17.3. The lowest BCUT2D eigenvalue weighted by molar-refractivity contribution is -0.0977. The summed E-state index contributed by atoms with van der Waals surface area (Å²) in [5.41, 5.74) is 2.42. The van der Waals surface area contributed by atoms with Crippen molar-refractivity contribution >= 4 is 20.7 Å². The molecule has 2 atom stereocenters. The van der Waals surface area contributed by atoms with Gasteiger partial charge in [-0.15, -0.1) is 0 Å². The number of aliphatic hydroxyl groups excluding tert-OH is 1. The normalized spacial score (nSPS) is 21.7. The van der Waals surface area contributed by atoms with Gasteiger partial charge in [-0.05, 0) is 13.3 Å². The van der Waals surface area contributed by atoms with Crippen LogP contribution >= 0.6 is 0 Å². The first-order valence-corrected chi connectivity index (χ1v) is 10.8. The summed E-state index contributed by atoms with van der Waals surface area (Å²) in [5, 5.41) is 7.48. The maximum Gasteiger partial charge on any atom is 0.495 e. The quantitative estimate of drug-likeness (QED) is 0.105. The third-order valence-corrected chi connectivity index (χ3v) is 5.71. The van der Waals surface area contributed by atoms with Crippen molar-refractivity contribution in [3.63, 3.8) is 0 Å². The summed E-state index contributed by atoms with van der Waals surface area (Å²) in [6, 6.07) is 0.168. The van der Waals surface area contributed by atoms with Gasteiger partial charge < -0.3 is 29.2 Å². The molecular formula is C14H29N7O5Si. The fourth-order valence-electron chi connectivity index (χ4n) is 2.82. The first-order chi connectivity index (χ1) is 13.3.